The Morgan fingerprint density at radius 1 is 0.697 bits per heavy atom. The van der Waals surface area contributed by atoms with E-state index in [0.29, 0.717) is 59.1 Å². The zero-order valence-electron chi connectivity index (χ0n) is 41.7. The Kier molecular flexibility index (Phi) is 17.0. The van der Waals surface area contributed by atoms with Crippen molar-refractivity contribution in [3.05, 3.63) is 146 Å². The van der Waals surface area contributed by atoms with Crippen LogP contribution in [0.1, 0.15) is 149 Å². The normalized spacial score (nSPS) is 16.3. The molecule has 2 saturated carbocycles. The van der Waals surface area contributed by atoms with Crippen molar-refractivity contribution < 1.29 is 37.4 Å². The fraction of sp³-hybridized carbons (Fsp3) is 0.404. The van der Waals surface area contributed by atoms with Gasteiger partial charge in [0, 0.05) is 69.4 Å². The van der Waals surface area contributed by atoms with Crippen molar-refractivity contribution in [1.82, 2.24) is 53.5 Å². The Morgan fingerprint density at radius 2 is 1.20 bits per heavy atom. The van der Waals surface area contributed by atoms with Gasteiger partial charge in [-0.3, -0.25) is 19.0 Å². The average molecular weight is 1090 g/mol. The molecule has 0 spiro atoms. The number of hydrogen-bond acceptors (Lipinski definition) is 12. The summed E-state index contributed by atoms with van der Waals surface area (Å²) in [5.74, 6) is 0.198. The zero-order chi connectivity index (χ0) is 53.1. The SMILES string of the molecule is C.Cn1c(C(=O)Nc2ccc(F)c(Cl)c2)c2c(c1C1CCC1)C(N)CC2.Cn1cnc(COC(=O)NC2CCc3c2c(C2CCC2)n(C)c3C(=O)Nc2ccc(F)c(Cl)c2)n1.Cn1cnc(COC(=O)n2ccnc2)n1. The first-order valence-corrected chi connectivity index (χ1v) is 25.3. The second kappa shape index (κ2) is 23.6. The van der Waals surface area contributed by atoms with Crippen molar-refractivity contribution in [3.8, 4) is 0 Å². The van der Waals surface area contributed by atoms with Crippen LogP contribution in [0.15, 0.2) is 67.8 Å². The van der Waals surface area contributed by atoms with Crippen LogP contribution in [0, 0.1) is 11.6 Å². The van der Waals surface area contributed by atoms with E-state index in [0.717, 1.165) is 67.3 Å². The van der Waals surface area contributed by atoms with E-state index in [9.17, 15) is 28.0 Å². The molecule has 5 heterocycles. The van der Waals surface area contributed by atoms with Crippen LogP contribution >= 0.6 is 23.2 Å². The third-order valence-electron chi connectivity index (χ3n) is 14.0. The summed E-state index contributed by atoms with van der Waals surface area (Å²) < 4.78 is 45.4. The van der Waals surface area contributed by atoms with Crippen molar-refractivity contribution >= 4 is 58.6 Å². The van der Waals surface area contributed by atoms with Gasteiger partial charge in [0.15, 0.2) is 24.9 Å². The third-order valence-corrected chi connectivity index (χ3v) is 14.6. The number of nitrogens with two attached hydrogens (primary N) is 1. The molecule has 2 unspecified atom stereocenters. The van der Waals surface area contributed by atoms with Gasteiger partial charge in [-0.25, -0.2) is 37.9 Å². The van der Waals surface area contributed by atoms with E-state index in [1.165, 1.54) is 77.4 Å². The van der Waals surface area contributed by atoms with Gasteiger partial charge in [-0.15, -0.1) is 0 Å². The van der Waals surface area contributed by atoms with Gasteiger partial charge in [0.2, 0.25) is 0 Å². The first-order valence-electron chi connectivity index (χ1n) is 24.5. The number of aromatic nitrogens is 10. The van der Waals surface area contributed by atoms with E-state index in [2.05, 4.69) is 41.1 Å². The molecule has 76 heavy (non-hydrogen) atoms. The molecule has 2 aromatic carbocycles. The maximum atomic E-state index is 13.5. The summed E-state index contributed by atoms with van der Waals surface area (Å²) in [5.41, 5.74) is 15.0. The molecule has 4 aliphatic carbocycles. The Hall–Kier alpha value is -7.43. The van der Waals surface area contributed by atoms with Gasteiger partial charge < -0.3 is 40.3 Å². The van der Waals surface area contributed by atoms with E-state index in [4.69, 9.17) is 38.4 Å². The number of carbonyl (C=O) groups is 4. The van der Waals surface area contributed by atoms with Gasteiger partial charge in [-0.1, -0.05) is 43.5 Å². The van der Waals surface area contributed by atoms with E-state index in [1.807, 2.05) is 23.2 Å². The lowest BCUT2D eigenvalue weighted by molar-refractivity contribution is 0.100. The van der Waals surface area contributed by atoms with Gasteiger partial charge in [-0.05, 0) is 122 Å². The predicted molar refractivity (Wildman–Crippen MR) is 279 cm³/mol. The van der Waals surface area contributed by atoms with Crippen LogP contribution < -0.4 is 21.7 Å². The highest BCUT2D eigenvalue weighted by atomic mass is 35.5. The van der Waals surface area contributed by atoms with Gasteiger partial charge in [0.05, 0.1) is 16.1 Å². The molecule has 5 aromatic heterocycles. The molecule has 11 rings (SSSR count). The van der Waals surface area contributed by atoms with Crippen LogP contribution in [-0.4, -0.2) is 72.2 Å². The molecular weight excluding hydrogens is 1030 g/mol. The molecule has 4 aliphatic rings. The highest BCUT2D eigenvalue weighted by molar-refractivity contribution is 6.31. The summed E-state index contributed by atoms with van der Waals surface area (Å²) in [5, 5.41) is 16.7. The molecule has 2 atom stereocenters. The molecule has 402 valence electrons. The van der Waals surface area contributed by atoms with Crippen LogP contribution in [0.4, 0.5) is 29.7 Å². The topological polar surface area (TPSA) is 238 Å². The molecular formula is C52H60Cl2F2N14O6. The van der Waals surface area contributed by atoms with Crippen LogP contribution in [0.2, 0.25) is 10.0 Å². The van der Waals surface area contributed by atoms with Gasteiger partial charge >= 0.3 is 12.2 Å². The van der Waals surface area contributed by atoms with E-state index in [-0.39, 0.29) is 54.6 Å². The molecule has 0 radical (unpaired) electrons. The lowest BCUT2D eigenvalue weighted by Gasteiger charge is -2.29. The van der Waals surface area contributed by atoms with Crippen molar-refractivity contribution in [2.45, 2.75) is 109 Å². The minimum absolute atomic E-state index is 0. The number of hydrogen-bond donors (Lipinski definition) is 4. The smallest absolute Gasteiger partial charge is 0.419 e. The maximum Gasteiger partial charge on any atom is 0.419 e. The maximum absolute atomic E-state index is 13.5. The number of benzene rings is 2. The fourth-order valence-corrected chi connectivity index (χ4v) is 10.5. The van der Waals surface area contributed by atoms with Gasteiger partial charge in [0.1, 0.15) is 42.0 Å². The molecule has 20 nitrogen and oxygen atoms in total. The Bertz CT molecular complexity index is 3250. The second-order valence-electron chi connectivity index (χ2n) is 18.9. The molecule has 5 N–H and O–H groups in total. The number of aryl methyl sites for hydroxylation is 2. The van der Waals surface area contributed by atoms with Gasteiger partial charge in [0.25, 0.3) is 11.8 Å². The summed E-state index contributed by atoms with van der Waals surface area (Å²) in [7, 11) is 7.33. The second-order valence-corrected chi connectivity index (χ2v) is 19.8. The van der Waals surface area contributed by atoms with Crippen molar-refractivity contribution in [3.63, 3.8) is 0 Å². The lowest BCUT2D eigenvalue weighted by Crippen LogP contribution is -2.29. The number of nitrogens with one attached hydrogen (secondary N) is 3. The first kappa shape index (κ1) is 54.8. The quantitative estimate of drug-likeness (QED) is 0.0948. The van der Waals surface area contributed by atoms with Crippen LogP contribution in [0.25, 0.3) is 0 Å². The number of fused-ring (bicyclic) bond motifs is 2. The molecule has 2 fully saturated rings. The van der Waals surface area contributed by atoms with Crippen LogP contribution in [0.3, 0.4) is 0 Å². The van der Waals surface area contributed by atoms with Crippen LogP contribution in [-0.2, 0) is 63.7 Å². The minimum Gasteiger partial charge on any atom is -0.441 e. The van der Waals surface area contributed by atoms with Crippen LogP contribution in [0.5, 0.6) is 0 Å². The highest BCUT2D eigenvalue weighted by Gasteiger charge is 2.40. The Balaban J connectivity index is 0.000000163. The van der Waals surface area contributed by atoms with Crippen molar-refractivity contribution in [2.24, 2.45) is 33.9 Å². The molecule has 3 amide bonds. The number of carbonyl (C=O) groups excluding carboxylic acids is 4. The fourth-order valence-electron chi connectivity index (χ4n) is 10.1. The Morgan fingerprint density at radius 3 is 1.66 bits per heavy atom. The summed E-state index contributed by atoms with van der Waals surface area (Å²) >= 11 is 11.7. The summed E-state index contributed by atoms with van der Waals surface area (Å²) in [6.07, 6.45) is 16.2. The zero-order valence-corrected chi connectivity index (χ0v) is 43.2. The summed E-state index contributed by atoms with van der Waals surface area (Å²) in [6, 6.07) is 8.05. The van der Waals surface area contributed by atoms with E-state index >= 15 is 0 Å². The van der Waals surface area contributed by atoms with E-state index in [1.54, 1.807) is 36.1 Å². The largest absolute Gasteiger partial charge is 0.441 e. The number of imidazole rings is 1. The average Bonchev–Trinajstić information content (AvgIpc) is 4.24. The molecule has 0 saturated heterocycles. The molecule has 7 aromatic rings. The number of ether oxygens (including phenoxy) is 2. The minimum atomic E-state index is -0.550. The number of amides is 3. The number of halogens is 4. The molecule has 0 aliphatic heterocycles. The Labute approximate surface area is 447 Å². The number of alkyl carbamates (subject to hydrolysis) is 1. The van der Waals surface area contributed by atoms with Crippen molar-refractivity contribution in [1.29, 1.82) is 0 Å². The summed E-state index contributed by atoms with van der Waals surface area (Å²) in [4.78, 5) is 61.8. The monoisotopic (exact) mass is 1080 g/mol. The number of rotatable bonds is 11. The number of nitrogens with zero attached hydrogens (tertiary/aromatic N) is 10. The van der Waals surface area contributed by atoms with Gasteiger partial charge in [-0.2, -0.15) is 10.2 Å². The lowest BCUT2D eigenvalue weighted by atomic mass is 9.80. The predicted octanol–water partition coefficient (Wildman–Crippen LogP) is 9.50. The summed E-state index contributed by atoms with van der Waals surface area (Å²) in [6.45, 7) is 0.0300. The molecule has 0 bridgehead atoms. The van der Waals surface area contributed by atoms with E-state index < -0.39 is 23.8 Å². The molecule has 24 heteroatoms. The standard InChI is InChI=1S/C24H26ClFN6O3.C19H21ClFN3O.C8H9N5O2.CH4/c1-31-12-27-19(30-31)11-35-24(34)29-18-9-7-15-20(18)21(13-4-3-5-13)32(2)22(15)23(33)28-14-6-8-17(26)16(25)10-14;1-24-17(10-3-2-4-10)16-12(6-8-15(16)22)18(24)19(25)23-11-5-7-14(21)13(20)9-11;1-12-6-10-7(11-12)4-15-8(14)13-3-2-9-5-13;/h6,8,10,12-13,18H,3-5,7,9,11H2,1-2H3,(H,28,33)(H,29,34);5,7,9-10,15H,2-4,6,8,22H2,1H3,(H,23,25);2-3,5-6H,4H2,1H3;1H4. The van der Waals surface area contributed by atoms with Crippen molar-refractivity contribution in [2.75, 3.05) is 10.6 Å². The third kappa shape index (κ3) is 11.8. The first-order chi connectivity index (χ1) is 36.0. The number of anilines is 2. The highest BCUT2D eigenvalue weighted by Crippen LogP contribution is 2.48.